The van der Waals surface area contributed by atoms with Crippen LogP contribution in [-0.4, -0.2) is 24.0 Å². The molecule has 0 amide bonds. The Labute approximate surface area is 121 Å². The van der Waals surface area contributed by atoms with Gasteiger partial charge in [0.25, 0.3) is 0 Å². The molecule has 0 spiro atoms. The number of likely N-dealkylation sites (tertiary alicyclic amines) is 1. The molecule has 1 aliphatic rings. The Hall–Kier alpha value is -1.14. The lowest BCUT2D eigenvalue weighted by Gasteiger charge is -2.38. The van der Waals surface area contributed by atoms with Gasteiger partial charge in [0.2, 0.25) is 0 Å². The molecule has 2 unspecified atom stereocenters. The summed E-state index contributed by atoms with van der Waals surface area (Å²) in [6.45, 7) is 3.82. The summed E-state index contributed by atoms with van der Waals surface area (Å²) < 4.78 is 51.5. The van der Waals surface area contributed by atoms with E-state index in [1.54, 1.807) is 0 Å². The molecule has 6 heteroatoms. The second-order valence-corrected chi connectivity index (χ2v) is 5.80. The number of halogens is 4. The van der Waals surface area contributed by atoms with Crippen LogP contribution in [0.5, 0.6) is 0 Å². The summed E-state index contributed by atoms with van der Waals surface area (Å²) in [5.74, 6) is -0.650. The molecular formula is C15H20F4N2. The van der Waals surface area contributed by atoms with E-state index in [1.807, 2.05) is 0 Å². The molecule has 2 rings (SSSR count). The predicted octanol–water partition coefficient (Wildman–Crippen LogP) is 3.40. The van der Waals surface area contributed by atoms with Crippen molar-refractivity contribution in [1.82, 2.24) is 4.90 Å². The quantitative estimate of drug-likeness (QED) is 0.867. The Bertz CT molecular complexity index is 487. The molecule has 2 atom stereocenters. The van der Waals surface area contributed by atoms with Crippen molar-refractivity contribution in [3.05, 3.63) is 35.1 Å². The lowest BCUT2D eigenvalue weighted by molar-refractivity contribution is -0.140. The van der Waals surface area contributed by atoms with Crippen molar-refractivity contribution in [2.45, 2.75) is 38.5 Å². The highest BCUT2D eigenvalue weighted by Gasteiger charge is 2.34. The Kier molecular flexibility index (Phi) is 4.88. The maximum Gasteiger partial charge on any atom is 0.419 e. The van der Waals surface area contributed by atoms with Crippen molar-refractivity contribution in [3.63, 3.8) is 0 Å². The van der Waals surface area contributed by atoms with E-state index in [4.69, 9.17) is 5.73 Å². The van der Waals surface area contributed by atoms with Crippen LogP contribution in [0.15, 0.2) is 18.2 Å². The van der Waals surface area contributed by atoms with Gasteiger partial charge in [-0.15, -0.1) is 0 Å². The van der Waals surface area contributed by atoms with E-state index in [2.05, 4.69) is 11.8 Å². The van der Waals surface area contributed by atoms with Crippen LogP contribution in [0, 0.1) is 11.7 Å². The molecule has 0 bridgehead atoms. The van der Waals surface area contributed by atoms with Crippen molar-refractivity contribution in [2.75, 3.05) is 13.1 Å². The number of hydrogen-bond acceptors (Lipinski definition) is 2. The normalized spacial score (nSPS) is 24.3. The number of rotatable bonds is 3. The van der Waals surface area contributed by atoms with E-state index in [1.165, 1.54) is 6.07 Å². The monoisotopic (exact) mass is 304 g/mol. The first-order valence-corrected chi connectivity index (χ1v) is 7.11. The van der Waals surface area contributed by atoms with Crippen LogP contribution in [0.25, 0.3) is 0 Å². The molecule has 118 valence electrons. The van der Waals surface area contributed by atoms with Crippen molar-refractivity contribution >= 4 is 0 Å². The fourth-order valence-corrected chi connectivity index (χ4v) is 2.88. The summed E-state index contributed by atoms with van der Waals surface area (Å²) in [5.41, 5.74) is 5.02. The van der Waals surface area contributed by atoms with Crippen molar-refractivity contribution < 1.29 is 17.6 Å². The predicted molar refractivity (Wildman–Crippen MR) is 73.1 cm³/mol. The van der Waals surface area contributed by atoms with Crippen LogP contribution in [-0.2, 0) is 12.7 Å². The topological polar surface area (TPSA) is 29.3 Å². The van der Waals surface area contributed by atoms with Crippen molar-refractivity contribution in [2.24, 2.45) is 11.7 Å². The number of nitrogens with two attached hydrogens (primary N) is 1. The molecule has 21 heavy (non-hydrogen) atoms. The second-order valence-electron chi connectivity index (χ2n) is 5.80. The smallest absolute Gasteiger partial charge is 0.329 e. The molecule has 0 saturated carbocycles. The third-order valence-corrected chi connectivity index (χ3v) is 4.09. The van der Waals surface area contributed by atoms with Crippen LogP contribution < -0.4 is 5.73 Å². The number of nitrogens with zero attached hydrogens (tertiary/aromatic N) is 1. The van der Waals surface area contributed by atoms with Crippen LogP contribution >= 0.6 is 0 Å². The lowest BCUT2D eigenvalue weighted by atomic mass is 9.92. The fraction of sp³-hybridized carbons (Fsp3) is 0.600. The highest BCUT2D eigenvalue weighted by Crippen LogP contribution is 2.32. The maximum absolute atomic E-state index is 13.3. The van der Waals surface area contributed by atoms with Crippen molar-refractivity contribution in [1.29, 1.82) is 0 Å². The first-order chi connectivity index (χ1) is 9.81. The van der Waals surface area contributed by atoms with E-state index >= 15 is 0 Å². The van der Waals surface area contributed by atoms with Gasteiger partial charge < -0.3 is 5.73 Å². The first kappa shape index (κ1) is 16.2. The third-order valence-electron chi connectivity index (χ3n) is 4.09. The summed E-state index contributed by atoms with van der Waals surface area (Å²) in [7, 11) is 0. The molecular weight excluding hydrogens is 284 g/mol. The van der Waals surface area contributed by atoms with Gasteiger partial charge in [-0.3, -0.25) is 4.90 Å². The summed E-state index contributed by atoms with van der Waals surface area (Å²) in [6.07, 6.45) is -2.71. The van der Waals surface area contributed by atoms with E-state index < -0.39 is 17.6 Å². The Morgan fingerprint density at radius 2 is 2.05 bits per heavy atom. The number of benzene rings is 1. The average Bonchev–Trinajstić information content (AvgIpc) is 2.41. The molecule has 0 aromatic heterocycles. The molecule has 1 aromatic rings. The van der Waals surface area contributed by atoms with Crippen LogP contribution in [0.4, 0.5) is 17.6 Å². The van der Waals surface area contributed by atoms with Crippen LogP contribution in [0.1, 0.15) is 30.9 Å². The second kappa shape index (κ2) is 6.32. The fourth-order valence-electron chi connectivity index (χ4n) is 2.88. The molecule has 0 aliphatic carbocycles. The van der Waals surface area contributed by atoms with E-state index in [-0.39, 0.29) is 6.04 Å². The van der Waals surface area contributed by atoms with Crippen LogP contribution in [0.2, 0.25) is 0 Å². The number of hydrogen-bond donors (Lipinski definition) is 1. The average molecular weight is 304 g/mol. The zero-order valence-electron chi connectivity index (χ0n) is 12.0. The summed E-state index contributed by atoms with van der Waals surface area (Å²) in [6, 6.07) is 3.38. The number of piperidine rings is 1. The maximum atomic E-state index is 13.3. The van der Waals surface area contributed by atoms with E-state index in [9.17, 15) is 17.6 Å². The van der Waals surface area contributed by atoms with Gasteiger partial charge in [-0.05, 0) is 43.0 Å². The summed E-state index contributed by atoms with van der Waals surface area (Å²) in [4.78, 5) is 2.09. The van der Waals surface area contributed by atoms with Gasteiger partial charge in [-0.1, -0.05) is 13.0 Å². The first-order valence-electron chi connectivity index (χ1n) is 7.11. The van der Waals surface area contributed by atoms with E-state index in [0.717, 1.165) is 31.5 Å². The largest absolute Gasteiger partial charge is 0.419 e. The standard InChI is InChI=1S/C15H20F4N2/c1-10-4-5-21(12(6-10)8-20)9-11-2-3-14(16)13(7-11)15(17,18)19/h2-3,7,10,12H,4-6,8-9,20H2,1H3. The Morgan fingerprint density at radius 1 is 1.33 bits per heavy atom. The summed E-state index contributed by atoms with van der Waals surface area (Å²) >= 11 is 0. The van der Waals surface area contributed by atoms with Gasteiger partial charge in [0, 0.05) is 19.1 Å². The lowest BCUT2D eigenvalue weighted by Crippen LogP contribution is -2.45. The van der Waals surface area contributed by atoms with Gasteiger partial charge >= 0.3 is 6.18 Å². The molecule has 0 radical (unpaired) electrons. The van der Waals surface area contributed by atoms with Gasteiger partial charge in [0.1, 0.15) is 5.82 Å². The highest BCUT2D eigenvalue weighted by atomic mass is 19.4. The molecule has 1 aromatic carbocycles. The van der Waals surface area contributed by atoms with Gasteiger partial charge in [-0.2, -0.15) is 13.2 Å². The summed E-state index contributed by atoms with van der Waals surface area (Å²) in [5, 5.41) is 0. The van der Waals surface area contributed by atoms with Gasteiger partial charge in [0.05, 0.1) is 5.56 Å². The number of alkyl halides is 3. The highest BCUT2D eigenvalue weighted by molar-refractivity contribution is 5.27. The molecule has 2 nitrogen and oxygen atoms in total. The minimum Gasteiger partial charge on any atom is -0.329 e. The molecule has 2 N–H and O–H groups in total. The molecule has 1 aliphatic heterocycles. The van der Waals surface area contributed by atoms with Gasteiger partial charge in [0.15, 0.2) is 0 Å². The third kappa shape index (κ3) is 3.95. The Morgan fingerprint density at radius 3 is 2.67 bits per heavy atom. The minimum absolute atomic E-state index is 0.174. The zero-order chi connectivity index (χ0) is 15.6. The minimum atomic E-state index is -4.66. The van der Waals surface area contributed by atoms with Gasteiger partial charge in [-0.25, -0.2) is 4.39 Å². The zero-order valence-corrected chi connectivity index (χ0v) is 12.0. The molecule has 1 heterocycles. The van der Waals surface area contributed by atoms with Crippen LogP contribution in [0.3, 0.4) is 0 Å². The van der Waals surface area contributed by atoms with E-state index in [0.29, 0.717) is 24.6 Å². The Balaban J connectivity index is 2.16. The molecule has 1 saturated heterocycles. The SMILES string of the molecule is CC1CCN(Cc2ccc(F)c(C(F)(F)F)c2)C(CN)C1. The molecule has 1 fully saturated rings. The van der Waals surface area contributed by atoms with Crippen molar-refractivity contribution in [3.8, 4) is 0 Å².